The molecule has 2 nitrogen and oxygen atoms in total. The highest BCUT2D eigenvalue weighted by Crippen LogP contribution is 2.32. The average Bonchev–Trinajstić information content (AvgIpc) is 2.45. The highest BCUT2D eigenvalue weighted by Gasteiger charge is 2.05. The minimum atomic E-state index is 0.453. The molecule has 0 saturated heterocycles. The van der Waals surface area contributed by atoms with Crippen LogP contribution < -0.4 is 10.1 Å². The van der Waals surface area contributed by atoms with E-state index < -0.39 is 0 Å². The van der Waals surface area contributed by atoms with Gasteiger partial charge in [-0.05, 0) is 30.7 Å². The molecular weight excluding hydrogens is 317 g/mol. The van der Waals surface area contributed by atoms with E-state index in [1.165, 1.54) is 0 Å². The van der Waals surface area contributed by atoms with Gasteiger partial charge in [0.2, 0.25) is 0 Å². The largest absolute Gasteiger partial charge is 0.494 e. The predicted octanol–water partition coefficient (Wildman–Crippen LogP) is 5.53. The summed E-state index contributed by atoms with van der Waals surface area (Å²) < 4.78 is 5.60. The normalized spacial score (nSPS) is 10.3. The average molecular weight is 331 g/mol. The summed E-state index contributed by atoms with van der Waals surface area (Å²) in [6.07, 6.45) is 0.853. The van der Waals surface area contributed by atoms with Crippen LogP contribution in [0.3, 0.4) is 0 Å². The Morgan fingerprint density at radius 2 is 1.60 bits per heavy atom. The third-order valence-electron chi connectivity index (χ3n) is 2.66. The zero-order chi connectivity index (χ0) is 14.4. The fourth-order valence-corrected chi connectivity index (χ4v) is 2.27. The van der Waals surface area contributed by atoms with Gasteiger partial charge >= 0.3 is 0 Å². The molecule has 0 radical (unpaired) electrons. The van der Waals surface area contributed by atoms with Crippen LogP contribution in [-0.2, 0) is 0 Å². The van der Waals surface area contributed by atoms with Crippen LogP contribution in [0.4, 0.5) is 5.69 Å². The number of hydrogen-bond donors (Lipinski definition) is 1. The molecule has 2 aromatic rings. The molecule has 1 N–H and O–H groups in total. The van der Waals surface area contributed by atoms with Gasteiger partial charge in [-0.15, -0.1) is 0 Å². The lowest BCUT2D eigenvalue weighted by molar-refractivity contribution is 0.315. The van der Waals surface area contributed by atoms with E-state index in [0.29, 0.717) is 21.7 Å². The molecule has 0 heterocycles. The molecule has 0 aliphatic rings. The topological polar surface area (TPSA) is 21.3 Å². The number of rotatable bonds is 6. The molecule has 0 atom stereocenters. The van der Waals surface area contributed by atoms with E-state index in [-0.39, 0.29) is 0 Å². The SMILES string of the molecule is Clc1cc(Cl)c(NCCCOc2ccccc2)cc1Cl. The van der Waals surface area contributed by atoms with Gasteiger partial charge in [-0.25, -0.2) is 0 Å². The molecule has 0 spiro atoms. The second kappa shape index (κ2) is 7.63. The molecule has 2 rings (SSSR count). The molecule has 106 valence electrons. The fraction of sp³-hybridized carbons (Fsp3) is 0.200. The first-order chi connectivity index (χ1) is 9.66. The second-order valence-electron chi connectivity index (χ2n) is 4.19. The van der Waals surface area contributed by atoms with Crippen molar-refractivity contribution in [1.82, 2.24) is 0 Å². The Morgan fingerprint density at radius 3 is 2.35 bits per heavy atom. The Morgan fingerprint density at radius 1 is 0.900 bits per heavy atom. The zero-order valence-corrected chi connectivity index (χ0v) is 13.0. The molecule has 5 heteroatoms. The number of hydrogen-bond acceptors (Lipinski definition) is 2. The van der Waals surface area contributed by atoms with Crippen LogP contribution in [0.15, 0.2) is 42.5 Å². The summed E-state index contributed by atoms with van der Waals surface area (Å²) in [7, 11) is 0. The van der Waals surface area contributed by atoms with Gasteiger partial charge in [-0.1, -0.05) is 53.0 Å². The molecule has 0 aliphatic heterocycles. The number of para-hydroxylation sites is 1. The summed E-state index contributed by atoms with van der Waals surface area (Å²) in [5.74, 6) is 0.875. The molecule has 0 aliphatic carbocycles. The van der Waals surface area contributed by atoms with Gasteiger partial charge in [0, 0.05) is 6.54 Å². The van der Waals surface area contributed by atoms with Crippen molar-refractivity contribution in [2.24, 2.45) is 0 Å². The second-order valence-corrected chi connectivity index (χ2v) is 5.41. The van der Waals surface area contributed by atoms with Crippen LogP contribution in [0.2, 0.25) is 15.1 Å². The summed E-state index contributed by atoms with van der Waals surface area (Å²) in [5, 5.41) is 4.71. The summed E-state index contributed by atoms with van der Waals surface area (Å²) >= 11 is 17.9. The summed E-state index contributed by atoms with van der Waals surface area (Å²) in [6.45, 7) is 1.38. The van der Waals surface area contributed by atoms with Gasteiger partial charge in [-0.2, -0.15) is 0 Å². The first-order valence-corrected chi connectivity index (χ1v) is 7.36. The van der Waals surface area contributed by atoms with Gasteiger partial charge in [0.25, 0.3) is 0 Å². The highest BCUT2D eigenvalue weighted by atomic mass is 35.5. The van der Waals surface area contributed by atoms with Gasteiger partial charge < -0.3 is 10.1 Å². The van der Waals surface area contributed by atoms with Gasteiger partial charge in [-0.3, -0.25) is 0 Å². The minimum absolute atomic E-state index is 0.453. The highest BCUT2D eigenvalue weighted by molar-refractivity contribution is 6.44. The van der Waals surface area contributed by atoms with Crippen LogP contribution in [0.25, 0.3) is 0 Å². The molecule has 0 saturated carbocycles. The predicted molar refractivity (Wildman–Crippen MR) is 86.5 cm³/mol. The van der Waals surface area contributed by atoms with Crippen LogP contribution in [0.1, 0.15) is 6.42 Å². The van der Waals surface area contributed by atoms with E-state index in [4.69, 9.17) is 39.5 Å². The van der Waals surface area contributed by atoms with E-state index in [1.54, 1.807) is 12.1 Å². The Hall–Kier alpha value is -1.09. The Balaban J connectivity index is 1.75. The molecule has 0 fully saturated rings. The quantitative estimate of drug-likeness (QED) is 0.555. The van der Waals surface area contributed by atoms with Gasteiger partial charge in [0.05, 0.1) is 27.4 Å². The van der Waals surface area contributed by atoms with Crippen molar-refractivity contribution in [2.75, 3.05) is 18.5 Å². The number of nitrogens with one attached hydrogen (secondary N) is 1. The van der Waals surface area contributed by atoms with Crippen LogP contribution in [0.5, 0.6) is 5.75 Å². The Labute approximate surface area is 133 Å². The molecular formula is C15H14Cl3NO. The third kappa shape index (κ3) is 4.48. The monoisotopic (exact) mass is 329 g/mol. The van der Waals surface area contributed by atoms with Gasteiger partial charge in [0.1, 0.15) is 5.75 Å². The summed E-state index contributed by atoms with van der Waals surface area (Å²) in [5.41, 5.74) is 0.778. The maximum Gasteiger partial charge on any atom is 0.119 e. The van der Waals surface area contributed by atoms with Crippen molar-refractivity contribution in [3.8, 4) is 5.75 Å². The number of ether oxygens (including phenoxy) is 1. The van der Waals surface area contributed by atoms with E-state index in [2.05, 4.69) is 5.32 Å². The van der Waals surface area contributed by atoms with Crippen LogP contribution >= 0.6 is 34.8 Å². The molecule has 0 aromatic heterocycles. The van der Waals surface area contributed by atoms with Gasteiger partial charge in [0.15, 0.2) is 0 Å². The van der Waals surface area contributed by atoms with Crippen molar-refractivity contribution in [3.05, 3.63) is 57.5 Å². The van der Waals surface area contributed by atoms with Crippen molar-refractivity contribution in [2.45, 2.75) is 6.42 Å². The maximum atomic E-state index is 6.07. The molecule has 20 heavy (non-hydrogen) atoms. The number of anilines is 1. The van der Waals surface area contributed by atoms with Crippen molar-refractivity contribution in [3.63, 3.8) is 0 Å². The Kier molecular flexibility index (Phi) is 5.84. The molecule has 0 amide bonds. The van der Waals surface area contributed by atoms with Crippen molar-refractivity contribution < 1.29 is 4.74 Å². The lowest BCUT2D eigenvalue weighted by Crippen LogP contribution is -2.07. The lowest BCUT2D eigenvalue weighted by atomic mass is 10.3. The van der Waals surface area contributed by atoms with E-state index >= 15 is 0 Å². The van der Waals surface area contributed by atoms with Crippen molar-refractivity contribution in [1.29, 1.82) is 0 Å². The smallest absolute Gasteiger partial charge is 0.119 e. The summed E-state index contributed by atoms with van der Waals surface area (Å²) in [6, 6.07) is 13.1. The third-order valence-corrected chi connectivity index (χ3v) is 3.69. The molecule has 0 unspecified atom stereocenters. The van der Waals surface area contributed by atoms with Crippen molar-refractivity contribution >= 4 is 40.5 Å². The standard InChI is InChI=1S/C15H14Cl3NO/c16-12-9-14(18)15(10-13(12)17)19-7-4-8-20-11-5-2-1-3-6-11/h1-3,5-6,9-10,19H,4,7-8H2. The van der Waals surface area contributed by atoms with Crippen LogP contribution in [-0.4, -0.2) is 13.2 Å². The first kappa shape index (κ1) is 15.3. The van der Waals surface area contributed by atoms with E-state index in [9.17, 15) is 0 Å². The minimum Gasteiger partial charge on any atom is -0.494 e. The van der Waals surface area contributed by atoms with Crippen LogP contribution in [0, 0.1) is 0 Å². The zero-order valence-electron chi connectivity index (χ0n) is 10.7. The Bertz CT molecular complexity index is 561. The number of halogens is 3. The van der Waals surface area contributed by atoms with E-state index in [1.807, 2.05) is 30.3 Å². The first-order valence-electron chi connectivity index (χ1n) is 6.23. The van der Waals surface area contributed by atoms with E-state index in [0.717, 1.165) is 24.4 Å². The fourth-order valence-electron chi connectivity index (χ4n) is 1.66. The number of benzene rings is 2. The maximum absolute atomic E-state index is 6.07. The lowest BCUT2D eigenvalue weighted by Gasteiger charge is -2.10. The summed E-state index contributed by atoms with van der Waals surface area (Å²) in [4.78, 5) is 0. The molecule has 0 bridgehead atoms. The molecule has 2 aromatic carbocycles.